The molecule has 0 aromatic heterocycles. The Morgan fingerprint density at radius 1 is 1.05 bits per heavy atom. The molecule has 2 N–H and O–H groups in total. The summed E-state index contributed by atoms with van der Waals surface area (Å²) in [4.78, 5) is 11.5. The predicted octanol–water partition coefficient (Wildman–Crippen LogP) is 1.12. The SMILES string of the molecule is CCOC(=O)C(C)(N)CCCOCCCOCCOC. The zero-order valence-corrected chi connectivity index (χ0v) is 13.0. The monoisotopic (exact) mass is 291 g/mol. The number of hydrogen-bond acceptors (Lipinski definition) is 6. The molecule has 120 valence electrons. The number of nitrogens with two attached hydrogens (primary N) is 1. The molecule has 0 fully saturated rings. The van der Waals surface area contributed by atoms with Gasteiger partial charge in [-0.1, -0.05) is 0 Å². The predicted molar refractivity (Wildman–Crippen MR) is 76.6 cm³/mol. The fraction of sp³-hybridized carbons (Fsp3) is 0.929. The van der Waals surface area contributed by atoms with Crippen molar-refractivity contribution in [2.75, 3.05) is 46.8 Å². The second-order valence-electron chi connectivity index (χ2n) is 4.81. The van der Waals surface area contributed by atoms with Crippen molar-refractivity contribution < 1.29 is 23.7 Å². The Kier molecular flexibility index (Phi) is 11.7. The number of carbonyl (C=O) groups is 1. The fourth-order valence-corrected chi connectivity index (χ4v) is 1.55. The lowest BCUT2D eigenvalue weighted by Gasteiger charge is -2.21. The first-order chi connectivity index (χ1) is 9.54. The van der Waals surface area contributed by atoms with Gasteiger partial charge in [0.1, 0.15) is 5.54 Å². The number of hydrogen-bond donors (Lipinski definition) is 1. The molecule has 1 unspecified atom stereocenters. The molecule has 0 amide bonds. The molecule has 0 aliphatic rings. The van der Waals surface area contributed by atoms with Gasteiger partial charge in [0.05, 0.1) is 19.8 Å². The summed E-state index contributed by atoms with van der Waals surface area (Å²) >= 11 is 0. The molecule has 0 spiro atoms. The van der Waals surface area contributed by atoms with E-state index in [9.17, 15) is 4.79 Å². The Morgan fingerprint density at radius 3 is 2.25 bits per heavy atom. The molecule has 0 bridgehead atoms. The van der Waals surface area contributed by atoms with E-state index >= 15 is 0 Å². The lowest BCUT2D eigenvalue weighted by molar-refractivity contribution is -0.149. The number of rotatable bonds is 13. The van der Waals surface area contributed by atoms with E-state index in [2.05, 4.69) is 0 Å². The largest absolute Gasteiger partial charge is 0.465 e. The third-order valence-electron chi connectivity index (χ3n) is 2.74. The first kappa shape index (κ1) is 19.3. The van der Waals surface area contributed by atoms with Crippen LogP contribution in [0, 0.1) is 0 Å². The van der Waals surface area contributed by atoms with Crippen LogP contribution in [-0.4, -0.2) is 58.3 Å². The van der Waals surface area contributed by atoms with Crippen LogP contribution < -0.4 is 5.73 Å². The molecule has 0 heterocycles. The molecule has 0 saturated heterocycles. The van der Waals surface area contributed by atoms with Gasteiger partial charge in [-0.3, -0.25) is 4.79 Å². The van der Waals surface area contributed by atoms with Crippen molar-refractivity contribution in [3.63, 3.8) is 0 Å². The van der Waals surface area contributed by atoms with Crippen molar-refractivity contribution >= 4 is 5.97 Å². The van der Waals surface area contributed by atoms with Crippen LogP contribution in [0.25, 0.3) is 0 Å². The second kappa shape index (κ2) is 12.1. The standard InChI is InChI=1S/C14H29NO5/c1-4-20-13(16)14(2,15)7-5-8-18-9-6-10-19-12-11-17-3/h4-12,15H2,1-3H3. The Labute approximate surface area is 121 Å². The van der Waals surface area contributed by atoms with Gasteiger partial charge < -0.3 is 24.7 Å². The highest BCUT2D eigenvalue weighted by Gasteiger charge is 2.29. The summed E-state index contributed by atoms with van der Waals surface area (Å²) in [6, 6.07) is 0. The molecule has 6 nitrogen and oxygen atoms in total. The summed E-state index contributed by atoms with van der Waals surface area (Å²) in [6.07, 6.45) is 2.13. The average Bonchev–Trinajstić information content (AvgIpc) is 2.41. The first-order valence-electron chi connectivity index (χ1n) is 7.15. The Hall–Kier alpha value is -0.690. The maximum Gasteiger partial charge on any atom is 0.325 e. The maximum atomic E-state index is 11.5. The summed E-state index contributed by atoms with van der Waals surface area (Å²) in [6.45, 7) is 6.94. The third kappa shape index (κ3) is 10.1. The fourth-order valence-electron chi connectivity index (χ4n) is 1.55. The van der Waals surface area contributed by atoms with E-state index in [0.717, 1.165) is 12.8 Å². The highest BCUT2D eigenvalue weighted by atomic mass is 16.5. The van der Waals surface area contributed by atoms with Crippen LogP contribution in [0.2, 0.25) is 0 Å². The number of esters is 1. The average molecular weight is 291 g/mol. The maximum absolute atomic E-state index is 11.5. The Balaban J connectivity index is 3.41. The molecule has 6 heteroatoms. The van der Waals surface area contributed by atoms with Crippen molar-refractivity contribution in [1.29, 1.82) is 0 Å². The van der Waals surface area contributed by atoms with E-state index in [4.69, 9.17) is 24.7 Å². The zero-order chi connectivity index (χ0) is 15.3. The van der Waals surface area contributed by atoms with Crippen LogP contribution in [0.15, 0.2) is 0 Å². The molecule has 0 rings (SSSR count). The molecule has 0 aromatic rings. The summed E-state index contributed by atoms with van der Waals surface area (Å²) in [5.74, 6) is -0.355. The molecule has 0 aliphatic heterocycles. The van der Waals surface area contributed by atoms with Crippen LogP contribution in [0.4, 0.5) is 0 Å². The summed E-state index contributed by atoms with van der Waals surface area (Å²) < 4.78 is 20.5. The lowest BCUT2D eigenvalue weighted by Crippen LogP contribution is -2.46. The highest BCUT2D eigenvalue weighted by Crippen LogP contribution is 2.11. The van der Waals surface area contributed by atoms with Crippen molar-refractivity contribution in [2.24, 2.45) is 5.73 Å². The third-order valence-corrected chi connectivity index (χ3v) is 2.74. The van der Waals surface area contributed by atoms with E-state index in [0.29, 0.717) is 46.1 Å². The van der Waals surface area contributed by atoms with Gasteiger partial charge in [-0.2, -0.15) is 0 Å². The van der Waals surface area contributed by atoms with Gasteiger partial charge in [0, 0.05) is 26.9 Å². The van der Waals surface area contributed by atoms with Crippen molar-refractivity contribution in [1.82, 2.24) is 0 Å². The number of methoxy groups -OCH3 is 1. The van der Waals surface area contributed by atoms with Crippen molar-refractivity contribution in [2.45, 2.75) is 38.6 Å². The Morgan fingerprint density at radius 2 is 1.65 bits per heavy atom. The van der Waals surface area contributed by atoms with Crippen LogP contribution in [0.5, 0.6) is 0 Å². The van der Waals surface area contributed by atoms with Gasteiger partial charge in [-0.15, -0.1) is 0 Å². The van der Waals surface area contributed by atoms with Crippen LogP contribution in [0.3, 0.4) is 0 Å². The van der Waals surface area contributed by atoms with Crippen LogP contribution in [-0.2, 0) is 23.7 Å². The lowest BCUT2D eigenvalue weighted by atomic mass is 9.98. The quantitative estimate of drug-likeness (QED) is 0.404. The topological polar surface area (TPSA) is 80.0 Å². The van der Waals surface area contributed by atoms with E-state index in [1.807, 2.05) is 0 Å². The van der Waals surface area contributed by atoms with Crippen molar-refractivity contribution in [3.8, 4) is 0 Å². The van der Waals surface area contributed by atoms with E-state index in [-0.39, 0.29) is 5.97 Å². The van der Waals surface area contributed by atoms with Crippen molar-refractivity contribution in [3.05, 3.63) is 0 Å². The summed E-state index contributed by atoms with van der Waals surface area (Å²) in [7, 11) is 1.65. The molecule has 1 atom stereocenters. The van der Waals surface area contributed by atoms with Crippen LogP contribution in [0.1, 0.15) is 33.1 Å². The summed E-state index contributed by atoms with van der Waals surface area (Å²) in [5.41, 5.74) is 4.97. The smallest absolute Gasteiger partial charge is 0.325 e. The minimum atomic E-state index is -0.928. The highest BCUT2D eigenvalue weighted by molar-refractivity contribution is 5.79. The minimum Gasteiger partial charge on any atom is -0.465 e. The Bertz CT molecular complexity index is 246. The molecule has 20 heavy (non-hydrogen) atoms. The van der Waals surface area contributed by atoms with Gasteiger partial charge in [0.25, 0.3) is 0 Å². The van der Waals surface area contributed by atoms with Gasteiger partial charge in [0.15, 0.2) is 0 Å². The molecule has 0 saturated carbocycles. The summed E-state index contributed by atoms with van der Waals surface area (Å²) in [5, 5.41) is 0. The molecule has 0 aliphatic carbocycles. The van der Waals surface area contributed by atoms with E-state index in [1.165, 1.54) is 0 Å². The van der Waals surface area contributed by atoms with Gasteiger partial charge >= 0.3 is 5.97 Å². The number of carbonyl (C=O) groups excluding carboxylic acids is 1. The van der Waals surface area contributed by atoms with Gasteiger partial charge in [-0.05, 0) is 33.1 Å². The molecule has 0 radical (unpaired) electrons. The second-order valence-corrected chi connectivity index (χ2v) is 4.81. The number of ether oxygens (including phenoxy) is 4. The van der Waals surface area contributed by atoms with E-state index < -0.39 is 5.54 Å². The minimum absolute atomic E-state index is 0.352. The van der Waals surface area contributed by atoms with Crippen LogP contribution >= 0.6 is 0 Å². The van der Waals surface area contributed by atoms with E-state index in [1.54, 1.807) is 21.0 Å². The first-order valence-corrected chi connectivity index (χ1v) is 7.15. The van der Waals surface area contributed by atoms with Gasteiger partial charge in [0.2, 0.25) is 0 Å². The molecular weight excluding hydrogens is 262 g/mol. The zero-order valence-electron chi connectivity index (χ0n) is 13.0. The molecular formula is C14H29NO5. The normalized spacial score (nSPS) is 14.0. The van der Waals surface area contributed by atoms with Gasteiger partial charge in [-0.25, -0.2) is 0 Å². The molecule has 0 aromatic carbocycles.